The Hall–Kier alpha value is -2.86. The van der Waals surface area contributed by atoms with Crippen LogP contribution in [0.5, 0.6) is 0 Å². The summed E-state index contributed by atoms with van der Waals surface area (Å²) in [5, 5.41) is 0. The van der Waals surface area contributed by atoms with Crippen LogP contribution in [0, 0.1) is 0 Å². The Labute approximate surface area is 166 Å². The quantitative estimate of drug-likeness (QED) is 0.349. The van der Waals surface area contributed by atoms with Gasteiger partial charge in [-0.1, -0.05) is 43.3 Å². The van der Waals surface area contributed by atoms with Crippen LogP contribution in [0.4, 0.5) is 11.4 Å². The number of rotatable bonds is 10. The third kappa shape index (κ3) is 6.39. The van der Waals surface area contributed by atoms with Crippen molar-refractivity contribution in [2.45, 2.75) is 39.5 Å². The molecule has 0 amide bonds. The van der Waals surface area contributed by atoms with Crippen molar-refractivity contribution < 1.29 is 23.8 Å². The lowest BCUT2D eigenvalue weighted by molar-refractivity contribution is -0.163. The molecule has 0 spiro atoms. The molecular formula is C22H27NO5. The van der Waals surface area contributed by atoms with Crippen molar-refractivity contribution in [2.75, 3.05) is 18.1 Å². The number of nitrogens with zero attached hydrogens (tertiary/aromatic N) is 1. The molecule has 2 aromatic carbocycles. The second-order valence-corrected chi connectivity index (χ2v) is 6.19. The van der Waals surface area contributed by atoms with E-state index in [1.54, 1.807) is 0 Å². The molecule has 2 atom stereocenters. The van der Waals surface area contributed by atoms with E-state index < -0.39 is 18.3 Å². The Morgan fingerprint density at radius 3 is 1.93 bits per heavy atom. The minimum atomic E-state index is -0.716. The van der Waals surface area contributed by atoms with Crippen molar-refractivity contribution in [2.24, 2.45) is 0 Å². The first-order valence-electron chi connectivity index (χ1n) is 9.37. The summed E-state index contributed by atoms with van der Waals surface area (Å²) in [4.78, 5) is 25.4. The van der Waals surface area contributed by atoms with Crippen LogP contribution < -0.4 is 4.90 Å². The molecule has 2 aromatic rings. The Balaban J connectivity index is 2.06. The van der Waals surface area contributed by atoms with E-state index in [2.05, 4.69) is 0 Å². The van der Waals surface area contributed by atoms with Gasteiger partial charge in [-0.3, -0.25) is 4.79 Å². The Bertz CT molecular complexity index is 696. The molecule has 0 N–H and O–H groups in total. The Morgan fingerprint density at radius 2 is 1.46 bits per heavy atom. The molecule has 150 valence electrons. The molecule has 0 fully saturated rings. The number of anilines is 2. The lowest BCUT2D eigenvalue weighted by Crippen LogP contribution is -2.37. The van der Waals surface area contributed by atoms with Crippen LogP contribution in [-0.4, -0.2) is 37.5 Å². The molecule has 6 nitrogen and oxygen atoms in total. The molecule has 0 heterocycles. The molecule has 6 heteroatoms. The molecule has 0 aliphatic rings. The smallest absolute Gasteiger partial charge is 0.337 e. The zero-order valence-electron chi connectivity index (χ0n) is 16.5. The van der Waals surface area contributed by atoms with Gasteiger partial charge < -0.3 is 19.1 Å². The van der Waals surface area contributed by atoms with Crippen LogP contribution in [-0.2, 0) is 23.8 Å². The SMILES string of the molecule is CCC(OCCOC(C)=O)C(=O)OC(C)N(c1ccccc1)c1ccccc1. The van der Waals surface area contributed by atoms with Crippen molar-refractivity contribution in [1.82, 2.24) is 0 Å². The summed E-state index contributed by atoms with van der Waals surface area (Å²) >= 11 is 0. The Kier molecular flexibility index (Phi) is 8.49. The molecule has 28 heavy (non-hydrogen) atoms. The molecule has 0 saturated carbocycles. The van der Waals surface area contributed by atoms with Crippen LogP contribution in [0.15, 0.2) is 60.7 Å². The van der Waals surface area contributed by atoms with Gasteiger partial charge in [-0.25, -0.2) is 4.79 Å². The number of para-hydroxylation sites is 2. The predicted molar refractivity (Wildman–Crippen MR) is 107 cm³/mol. The lowest BCUT2D eigenvalue weighted by Gasteiger charge is -2.31. The second-order valence-electron chi connectivity index (χ2n) is 6.19. The normalized spacial score (nSPS) is 12.7. The fourth-order valence-electron chi connectivity index (χ4n) is 2.77. The number of hydrogen-bond acceptors (Lipinski definition) is 6. The van der Waals surface area contributed by atoms with Gasteiger partial charge >= 0.3 is 11.9 Å². The number of esters is 2. The molecule has 2 rings (SSSR count). The van der Waals surface area contributed by atoms with Crippen LogP contribution in [0.3, 0.4) is 0 Å². The summed E-state index contributed by atoms with van der Waals surface area (Å²) in [5.74, 6) is -0.830. The van der Waals surface area contributed by atoms with Crippen LogP contribution in [0.2, 0.25) is 0 Å². The summed E-state index contributed by atoms with van der Waals surface area (Å²) in [7, 11) is 0. The largest absolute Gasteiger partial charge is 0.463 e. The maximum Gasteiger partial charge on any atom is 0.337 e. The molecule has 0 saturated heterocycles. The van der Waals surface area contributed by atoms with Gasteiger partial charge in [0.25, 0.3) is 0 Å². The number of carbonyl (C=O) groups is 2. The van der Waals surface area contributed by atoms with Crippen molar-refractivity contribution in [3.63, 3.8) is 0 Å². The first-order valence-corrected chi connectivity index (χ1v) is 9.37. The van der Waals surface area contributed by atoms with Gasteiger partial charge in [-0.2, -0.15) is 0 Å². The monoisotopic (exact) mass is 385 g/mol. The summed E-state index contributed by atoms with van der Waals surface area (Å²) in [5.41, 5.74) is 1.83. The van der Waals surface area contributed by atoms with E-state index in [1.165, 1.54) is 6.92 Å². The third-order valence-corrected chi connectivity index (χ3v) is 4.06. The van der Waals surface area contributed by atoms with E-state index in [4.69, 9.17) is 14.2 Å². The van der Waals surface area contributed by atoms with Crippen molar-refractivity contribution in [3.05, 3.63) is 60.7 Å². The van der Waals surface area contributed by atoms with Gasteiger partial charge in [0, 0.05) is 18.3 Å². The van der Waals surface area contributed by atoms with Crippen LogP contribution >= 0.6 is 0 Å². The highest BCUT2D eigenvalue weighted by molar-refractivity contribution is 5.75. The number of hydrogen-bond donors (Lipinski definition) is 0. The minimum absolute atomic E-state index is 0.106. The number of benzene rings is 2. The Morgan fingerprint density at radius 1 is 0.929 bits per heavy atom. The second kappa shape index (κ2) is 11.1. The van der Waals surface area contributed by atoms with Gasteiger partial charge in [-0.05, 0) is 37.6 Å². The van der Waals surface area contributed by atoms with Crippen molar-refractivity contribution >= 4 is 23.3 Å². The highest BCUT2D eigenvalue weighted by Gasteiger charge is 2.25. The molecule has 0 aliphatic carbocycles. The number of ether oxygens (including phenoxy) is 3. The van der Waals surface area contributed by atoms with E-state index >= 15 is 0 Å². The van der Waals surface area contributed by atoms with E-state index in [9.17, 15) is 9.59 Å². The zero-order chi connectivity index (χ0) is 20.4. The lowest BCUT2D eigenvalue weighted by atomic mass is 10.2. The average Bonchev–Trinajstić information content (AvgIpc) is 2.69. The van der Waals surface area contributed by atoms with E-state index in [1.807, 2.05) is 79.4 Å². The molecule has 0 aliphatic heterocycles. The van der Waals surface area contributed by atoms with E-state index in [-0.39, 0.29) is 19.2 Å². The highest BCUT2D eigenvalue weighted by atomic mass is 16.6. The summed E-state index contributed by atoms with van der Waals surface area (Å²) in [6.45, 7) is 5.24. The zero-order valence-corrected chi connectivity index (χ0v) is 16.5. The van der Waals surface area contributed by atoms with Gasteiger partial charge in [-0.15, -0.1) is 0 Å². The predicted octanol–water partition coefficient (Wildman–Crippen LogP) is 4.07. The molecule has 0 bridgehead atoms. The van der Waals surface area contributed by atoms with Crippen molar-refractivity contribution in [1.29, 1.82) is 0 Å². The summed E-state index contributed by atoms with van der Waals surface area (Å²) in [6, 6.07) is 19.5. The maximum atomic E-state index is 12.6. The average molecular weight is 385 g/mol. The van der Waals surface area contributed by atoms with Gasteiger partial charge in [0.15, 0.2) is 12.3 Å². The first-order chi connectivity index (χ1) is 13.5. The summed E-state index contributed by atoms with van der Waals surface area (Å²) < 4.78 is 16.1. The standard InChI is InChI=1S/C22H27NO5/c1-4-21(27-16-15-26-18(3)24)22(25)28-17(2)23(19-11-7-5-8-12-19)20-13-9-6-10-14-20/h5-14,17,21H,4,15-16H2,1-3H3. The summed E-state index contributed by atoms with van der Waals surface area (Å²) in [6.07, 6.45) is -0.794. The van der Waals surface area contributed by atoms with E-state index in [0.717, 1.165) is 11.4 Å². The first kappa shape index (κ1) is 21.4. The topological polar surface area (TPSA) is 65.1 Å². The third-order valence-electron chi connectivity index (χ3n) is 4.06. The van der Waals surface area contributed by atoms with Crippen LogP contribution in [0.25, 0.3) is 0 Å². The maximum absolute atomic E-state index is 12.6. The minimum Gasteiger partial charge on any atom is -0.463 e. The van der Waals surface area contributed by atoms with E-state index in [0.29, 0.717) is 6.42 Å². The molecular weight excluding hydrogens is 358 g/mol. The molecule has 0 aromatic heterocycles. The highest BCUT2D eigenvalue weighted by Crippen LogP contribution is 2.28. The van der Waals surface area contributed by atoms with Gasteiger partial charge in [0.05, 0.1) is 6.61 Å². The van der Waals surface area contributed by atoms with Crippen molar-refractivity contribution in [3.8, 4) is 0 Å². The fraction of sp³-hybridized carbons (Fsp3) is 0.364. The van der Waals surface area contributed by atoms with Crippen LogP contribution in [0.1, 0.15) is 27.2 Å². The van der Waals surface area contributed by atoms with Gasteiger partial charge in [0.2, 0.25) is 0 Å². The van der Waals surface area contributed by atoms with Gasteiger partial charge in [0.1, 0.15) is 6.61 Å². The molecule has 2 unspecified atom stereocenters. The fourth-order valence-corrected chi connectivity index (χ4v) is 2.77. The molecule has 0 radical (unpaired) electrons. The number of carbonyl (C=O) groups excluding carboxylic acids is 2.